The molecule has 2 aromatic rings. The summed E-state index contributed by atoms with van der Waals surface area (Å²) in [7, 11) is 0. The number of hydrogen-bond donors (Lipinski definition) is 1. The number of benzene rings is 1. The lowest BCUT2D eigenvalue weighted by Crippen LogP contribution is -2.47. The van der Waals surface area contributed by atoms with E-state index < -0.39 is 0 Å². The van der Waals surface area contributed by atoms with Crippen molar-refractivity contribution in [3.8, 4) is 0 Å². The highest BCUT2D eigenvalue weighted by molar-refractivity contribution is 5.92. The number of piperidine rings is 1. The molecule has 23 heavy (non-hydrogen) atoms. The van der Waals surface area contributed by atoms with Crippen LogP contribution in [-0.4, -0.2) is 51.4 Å². The van der Waals surface area contributed by atoms with Crippen LogP contribution in [0.1, 0.15) is 28.9 Å². The lowest BCUT2D eigenvalue weighted by atomic mass is 9.95. The number of aromatic nitrogens is 2. The Morgan fingerprint density at radius 2 is 2.04 bits per heavy atom. The lowest BCUT2D eigenvalue weighted by molar-refractivity contribution is 0.0579. The summed E-state index contributed by atoms with van der Waals surface area (Å²) in [6, 6.07) is 10.9. The number of aromatic amines is 1. The van der Waals surface area contributed by atoms with E-state index in [9.17, 15) is 4.79 Å². The summed E-state index contributed by atoms with van der Waals surface area (Å²) in [5.41, 5.74) is 1.95. The molecule has 2 bridgehead atoms. The molecule has 5 rings (SSSR count). The second-order valence-electron chi connectivity index (χ2n) is 6.70. The number of rotatable bonds is 3. The van der Waals surface area contributed by atoms with Crippen LogP contribution in [0.15, 0.2) is 42.9 Å². The van der Waals surface area contributed by atoms with Gasteiger partial charge in [0.2, 0.25) is 0 Å². The minimum atomic E-state index is 0.0961. The number of nitrogens with zero attached hydrogens (tertiary/aromatic N) is 3. The maximum Gasteiger partial charge on any atom is 0.272 e. The predicted octanol–water partition coefficient (Wildman–Crippen LogP) is 2.15. The smallest absolute Gasteiger partial charge is 0.272 e. The van der Waals surface area contributed by atoms with Gasteiger partial charge in [-0.05, 0) is 24.3 Å². The minimum Gasteiger partial charge on any atom is -0.341 e. The zero-order valence-corrected chi connectivity index (χ0v) is 13.2. The van der Waals surface area contributed by atoms with Crippen LogP contribution in [0.2, 0.25) is 0 Å². The number of nitrogens with one attached hydrogen (secondary N) is 1. The van der Waals surface area contributed by atoms with Crippen LogP contribution in [-0.2, 0) is 6.54 Å². The third-order valence-electron chi connectivity index (χ3n) is 5.03. The number of H-pyrrole nitrogens is 1. The molecule has 0 saturated carbocycles. The quantitative estimate of drug-likeness (QED) is 0.945. The van der Waals surface area contributed by atoms with E-state index >= 15 is 0 Å². The Kier molecular flexibility index (Phi) is 3.87. The fourth-order valence-corrected chi connectivity index (χ4v) is 3.93. The molecule has 120 valence electrons. The van der Waals surface area contributed by atoms with E-state index in [1.54, 1.807) is 12.5 Å². The van der Waals surface area contributed by atoms with Gasteiger partial charge in [0, 0.05) is 32.2 Å². The summed E-state index contributed by atoms with van der Waals surface area (Å²) in [5, 5.41) is 0. The van der Waals surface area contributed by atoms with Gasteiger partial charge < -0.3 is 9.88 Å². The second kappa shape index (κ2) is 6.16. The average Bonchev–Trinajstić information content (AvgIpc) is 2.98. The van der Waals surface area contributed by atoms with Crippen LogP contribution in [0.3, 0.4) is 0 Å². The number of imidazole rings is 1. The molecule has 3 saturated heterocycles. The van der Waals surface area contributed by atoms with Crippen molar-refractivity contribution >= 4 is 5.91 Å². The predicted molar refractivity (Wildman–Crippen MR) is 87.9 cm³/mol. The first-order valence-corrected chi connectivity index (χ1v) is 8.35. The monoisotopic (exact) mass is 310 g/mol. The van der Waals surface area contributed by atoms with Crippen LogP contribution in [0.5, 0.6) is 0 Å². The van der Waals surface area contributed by atoms with Crippen molar-refractivity contribution in [2.24, 2.45) is 5.92 Å². The Hall–Kier alpha value is -2.14. The summed E-state index contributed by atoms with van der Waals surface area (Å²) < 4.78 is 0. The van der Waals surface area contributed by atoms with Crippen molar-refractivity contribution in [2.45, 2.75) is 25.4 Å². The summed E-state index contributed by atoms with van der Waals surface area (Å²) in [4.78, 5) is 24.2. The van der Waals surface area contributed by atoms with Crippen molar-refractivity contribution in [2.75, 3.05) is 19.6 Å². The molecule has 3 fully saturated rings. The SMILES string of the molecule is O=C(c1cnc[nH]1)N1C[C@H]2CC[C@@H]1CN(Cc1ccccc1)C2. The maximum atomic E-state index is 12.7. The molecule has 4 heterocycles. The van der Waals surface area contributed by atoms with Crippen LogP contribution in [0.4, 0.5) is 0 Å². The largest absolute Gasteiger partial charge is 0.341 e. The van der Waals surface area contributed by atoms with Crippen molar-refractivity contribution in [3.63, 3.8) is 0 Å². The number of carbonyl (C=O) groups is 1. The first kappa shape index (κ1) is 14.5. The molecule has 0 radical (unpaired) electrons. The molecular formula is C18H22N4O. The zero-order chi connectivity index (χ0) is 15.6. The summed E-state index contributed by atoms with van der Waals surface area (Å²) >= 11 is 0. The Balaban J connectivity index is 1.49. The van der Waals surface area contributed by atoms with Gasteiger partial charge in [0.1, 0.15) is 5.69 Å². The van der Waals surface area contributed by atoms with E-state index in [1.165, 1.54) is 12.0 Å². The van der Waals surface area contributed by atoms with E-state index in [0.29, 0.717) is 17.7 Å². The van der Waals surface area contributed by atoms with Crippen LogP contribution < -0.4 is 0 Å². The van der Waals surface area contributed by atoms with Gasteiger partial charge in [-0.2, -0.15) is 0 Å². The van der Waals surface area contributed by atoms with Crippen molar-refractivity contribution in [1.29, 1.82) is 0 Å². The van der Waals surface area contributed by atoms with Crippen LogP contribution >= 0.6 is 0 Å². The van der Waals surface area contributed by atoms with Crippen molar-refractivity contribution in [1.82, 2.24) is 19.8 Å². The molecule has 1 N–H and O–H groups in total. The molecule has 5 nitrogen and oxygen atoms in total. The lowest BCUT2D eigenvalue weighted by Gasteiger charge is -2.35. The number of hydrogen-bond acceptors (Lipinski definition) is 3. The van der Waals surface area contributed by atoms with Gasteiger partial charge in [0.05, 0.1) is 12.5 Å². The summed E-state index contributed by atoms with van der Waals surface area (Å²) in [6.45, 7) is 3.89. The van der Waals surface area contributed by atoms with Crippen LogP contribution in [0, 0.1) is 5.92 Å². The molecule has 1 amide bonds. The Labute approximate surface area is 136 Å². The molecule has 1 aromatic heterocycles. The summed E-state index contributed by atoms with van der Waals surface area (Å²) in [5.74, 6) is 0.670. The first-order valence-electron chi connectivity index (χ1n) is 8.35. The molecule has 1 aromatic carbocycles. The van der Waals surface area contributed by atoms with Gasteiger partial charge in [-0.15, -0.1) is 0 Å². The van der Waals surface area contributed by atoms with Gasteiger partial charge in [0.15, 0.2) is 0 Å². The third kappa shape index (κ3) is 3.01. The highest BCUT2D eigenvalue weighted by Gasteiger charge is 2.37. The molecule has 0 aliphatic carbocycles. The molecule has 2 atom stereocenters. The molecule has 5 heteroatoms. The van der Waals surface area contributed by atoms with Gasteiger partial charge in [-0.25, -0.2) is 4.98 Å². The average molecular weight is 310 g/mol. The number of fused-ring (bicyclic) bond motifs is 4. The molecule has 0 spiro atoms. The Morgan fingerprint density at radius 1 is 1.17 bits per heavy atom. The maximum absolute atomic E-state index is 12.7. The van der Waals surface area contributed by atoms with Crippen molar-refractivity contribution in [3.05, 3.63) is 54.1 Å². The van der Waals surface area contributed by atoms with E-state index in [2.05, 4.69) is 50.1 Å². The standard InChI is InChI=1S/C18H22N4O/c23-18(17-8-19-13-20-17)22-11-15-6-7-16(22)12-21(10-15)9-14-4-2-1-3-5-14/h1-5,8,13,15-16H,6-7,9-12H2,(H,19,20)/t15-,16+/m0/s1. The fraction of sp³-hybridized carbons (Fsp3) is 0.444. The van der Waals surface area contributed by atoms with E-state index in [1.807, 2.05) is 0 Å². The second-order valence-corrected chi connectivity index (χ2v) is 6.70. The highest BCUT2D eigenvalue weighted by atomic mass is 16.2. The summed E-state index contributed by atoms with van der Waals surface area (Å²) in [6.07, 6.45) is 5.53. The van der Waals surface area contributed by atoms with Crippen molar-refractivity contribution < 1.29 is 4.79 Å². The minimum absolute atomic E-state index is 0.0961. The first-order chi connectivity index (χ1) is 11.3. The number of carbonyl (C=O) groups excluding carboxylic acids is 1. The molecule has 3 aliphatic rings. The third-order valence-corrected chi connectivity index (χ3v) is 5.03. The normalized spacial score (nSPS) is 24.6. The zero-order valence-electron chi connectivity index (χ0n) is 13.2. The Bertz CT molecular complexity index is 655. The van der Waals surface area contributed by atoms with E-state index in [0.717, 1.165) is 32.6 Å². The fourth-order valence-electron chi connectivity index (χ4n) is 3.93. The highest BCUT2D eigenvalue weighted by Crippen LogP contribution is 2.29. The number of amides is 1. The van der Waals surface area contributed by atoms with E-state index in [-0.39, 0.29) is 5.91 Å². The van der Waals surface area contributed by atoms with Crippen LogP contribution in [0.25, 0.3) is 0 Å². The van der Waals surface area contributed by atoms with E-state index in [4.69, 9.17) is 0 Å². The molecule has 0 unspecified atom stereocenters. The van der Waals surface area contributed by atoms with Gasteiger partial charge in [0.25, 0.3) is 5.91 Å². The molecular weight excluding hydrogens is 288 g/mol. The topological polar surface area (TPSA) is 52.2 Å². The molecule has 3 aliphatic heterocycles. The Morgan fingerprint density at radius 3 is 2.83 bits per heavy atom. The van der Waals surface area contributed by atoms with Gasteiger partial charge >= 0.3 is 0 Å². The van der Waals surface area contributed by atoms with Gasteiger partial charge in [-0.1, -0.05) is 30.3 Å². The van der Waals surface area contributed by atoms with Gasteiger partial charge in [-0.3, -0.25) is 9.69 Å².